The van der Waals surface area contributed by atoms with Crippen LogP contribution >= 0.6 is 11.6 Å². The number of nitrogens with two attached hydrogens (primary N) is 1. The van der Waals surface area contributed by atoms with E-state index in [1.807, 2.05) is 12.1 Å². The Morgan fingerprint density at radius 1 is 1.40 bits per heavy atom. The Bertz CT molecular complexity index is 444. The van der Waals surface area contributed by atoms with Crippen molar-refractivity contribution in [2.75, 3.05) is 13.6 Å². The molecular weight excluding hydrogens is 268 g/mol. The van der Waals surface area contributed by atoms with E-state index < -0.39 is 0 Å². The van der Waals surface area contributed by atoms with Gasteiger partial charge in [0.05, 0.1) is 0 Å². The van der Waals surface area contributed by atoms with Gasteiger partial charge in [0.25, 0.3) is 0 Å². The first-order valence-electron chi connectivity index (χ1n) is 7.65. The van der Waals surface area contributed by atoms with Gasteiger partial charge in [-0.15, -0.1) is 0 Å². The minimum Gasteiger partial charge on any atom is -0.329 e. The molecule has 0 aliphatic heterocycles. The van der Waals surface area contributed by atoms with Crippen LogP contribution in [0.3, 0.4) is 0 Å². The van der Waals surface area contributed by atoms with Crippen molar-refractivity contribution in [1.29, 1.82) is 0 Å². The van der Waals surface area contributed by atoms with Crippen LogP contribution < -0.4 is 5.73 Å². The second-order valence-corrected chi connectivity index (χ2v) is 6.92. The quantitative estimate of drug-likeness (QED) is 0.850. The van der Waals surface area contributed by atoms with Gasteiger partial charge >= 0.3 is 0 Å². The first-order valence-corrected chi connectivity index (χ1v) is 8.03. The first-order chi connectivity index (χ1) is 9.48. The van der Waals surface area contributed by atoms with Gasteiger partial charge in [0.1, 0.15) is 0 Å². The van der Waals surface area contributed by atoms with Crippen LogP contribution in [0.1, 0.15) is 51.1 Å². The fraction of sp³-hybridized carbons (Fsp3) is 0.647. The Morgan fingerprint density at radius 2 is 2.05 bits per heavy atom. The predicted molar refractivity (Wildman–Crippen MR) is 87.0 cm³/mol. The Balaban J connectivity index is 2.14. The normalized spacial score (nSPS) is 20.5. The molecule has 0 radical (unpaired) electrons. The number of halogens is 1. The molecule has 0 spiro atoms. The van der Waals surface area contributed by atoms with Gasteiger partial charge in [0, 0.05) is 23.1 Å². The standard InChI is InChI=1S/C17H27ClN2/c1-13(15-9-4-5-10-16(15)18)20(3)17(2,12-19)11-14-7-6-8-14/h4-5,9-10,13-14H,6-8,11-12,19H2,1-3H3. The highest BCUT2D eigenvalue weighted by molar-refractivity contribution is 6.31. The minimum absolute atomic E-state index is 0.0453. The third-order valence-electron chi connectivity index (χ3n) is 5.18. The van der Waals surface area contributed by atoms with E-state index in [0.29, 0.717) is 6.54 Å². The molecule has 112 valence electrons. The number of likely N-dealkylation sites (N-methyl/N-ethyl adjacent to an activating group) is 1. The summed E-state index contributed by atoms with van der Waals surface area (Å²) in [6.45, 7) is 5.20. The highest BCUT2D eigenvalue weighted by Crippen LogP contribution is 2.38. The van der Waals surface area contributed by atoms with E-state index in [1.165, 1.54) is 31.2 Å². The van der Waals surface area contributed by atoms with E-state index in [-0.39, 0.29) is 11.6 Å². The van der Waals surface area contributed by atoms with Crippen molar-refractivity contribution in [3.8, 4) is 0 Å². The van der Waals surface area contributed by atoms with Crippen LogP contribution in [0.4, 0.5) is 0 Å². The van der Waals surface area contributed by atoms with E-state index in [9.17, 15) is 0 Å². The van der Waals surface area contributed by atoms with Gasteiger partial charge in [-0.3, -0.25) is 4.90 Å². The molecule has 2 unspecified atom stereocenters. The Morgan fingerprint density at radius 3 is 2.55 bits per heavy atom. The van der Waals surface area contributed by atoms with Gasteiger partial charge in [-0.05, 0) is 44.9 Å². The van der Waals surface area contributed by atoms with Gasteiger partial charge in [0.2, 0.25) is 0 Å². The molecule has 1 aromatic rings. The molecule has 1 fully saturated rings. The molecule has 2 N–H and O–H groups in total. The van der Waals surface area contributed by atoms with Crippen molar-refractivity contribution in [2.45, 2.75) is 51.1 Å². The fourth-order valence-corrected chi connectivity index (χ4v) is 3.47. The van der Waals surface area contributed by atoms with Gasteiger partial charge < -0.3 is 5.73 Å². The van der Waals surface area contributed by atoms with E-state index >= 15 is 0 Å². The smallest absolute Gasteiger partial charge is 0.0453 e. The first kappa shape index (κ1) is 15.8. The van der Waals surface area contributed by atoms with E-state index in [2.05, 4.69) is 37.9 Å². The Labute approximate surface area is 128 Å². The van der Waals surface area contributed by atoms with Crippen LogP contribution in [0.5, 0.6) is 0 Å². The number of nitrogens with zero attached hydrogens (tertiary/aromatic N) is 1. The molecule has 0 aromatic heterocycles. The number of rotatable bonds is 6. The molecular formula is C17H27ClN2. The van der Waals surface area contributed by atoms with Crippen LogP contribution in [0, 0.1) is 5.92 Å². The molecule has 0 amide bonds. The molecule has 0 bridgehead atoms. The maximum atomic E-state index is 6.34. The highest BCUT2D eigenvalue weighted by Gasteiger charge is 2.35. The van der Waals surface area contributed by atoms with Crippen molar-refractivity contribution < 1.29 is 0 Å². The summed E-state index contributed by atoms with van der Waals surface area (Å²) in [6, 6.07) is 8.39. The molecule has 0 heterocycles. The molecule has 1 aromatic carbocycles. The summed E-state index contributed by atoms with van der Waals surface area (Å²) in [6.07, 6.45) is 5.30. The molecule has 2 atom stereocenters. The Kier molecular flexibility index (Phi) is 5.11. The summed E-state index contributed by atoms with van der Waals surface area (Å²) in [4.78, 5) is 2.41. The summed E-state index contributed by atoms with van der Waals surface area (Å²) in [7, 11) is 2.18. The van der Waals surface area contributed by atoms with Crippen molar-refractivity contribution in [3.63, 3.8) is 0 Å². The maximum absolute atomic E-state index is 6.34. The lowest BCUT2D eigenvalue weighted by molar-refractivity contribution is 0.0604. The fourth-order valence-electron chi connectivity index (χ4n) is 3.18. The zero-order valence-corrected chi connectivity index (χ0v) is 13.7. The second kappa shape index (κ2) is 6.46. The summed E-state index contributed by atoms with van der Waals surface area (Å²) >= 11 is 6.34. The topological polar surface area (TPSA) is 29.3 Å². The zero-order chi connectivity index (χ0) is 14.8. The van der Waals surface area contributed by atoms with Crippen LogP contribution in [-0.4, -0.2) is 24.0 Å². The largest absolute Gasteiger partial charge is 0.329 e. The van der Waals surface area contributed by atoms with Gasteiger partial charge in [0.15, 0.2) is 0 Å². The van der Waals surface area contributed by atoms with E-state index in [4.69, 9.17) is 17.3 Å². The van der Waals surface area contributed by atoms with Crippen LogP contribution in [-0.2, 0) is 0 Å². The third kappa shape index (κ3) is 3.19. The molecule has 1 aliphatic rings. The average Bonchev–Trinajstić information content (AvgIpc) is 2.41. The predicted octanol–water partition coefficient (Wildman–Crippen LogP) is 4.24. The third-order valence-corrected chi connectivity index (χ3v) is 5.52. The minimum atomic E-state index is 0.0453. The second-order valence-electron chi connectivity index (χ2n) is 6.51. The lowest BCUT2D eigenvalue weighted by atomic mass is 9.75. The highest BCUT2D eigenvalue weighted by atomic mass is 35.5. The number of benzene rings is 1. The van der Waals surface area contributed by atoms with Crippen molar-refractivity contribution in [1.82, 2.24) is 4.90 Å². The van der Waals surface area contributed by atoms with Crippen molar-refractivity contribution >= 4 is 11.6 Å². The molecule has 1 saturated carbocycles. The lowest BCUT2D eigenvalue weighted by Gasteiger charge is -2.45. The van der Waals surface area contributed by atoms with Crippen molar-refractivity contribution in [2.24, 2.45) is 11.7 Å². The van der Waals surface area contributed by atoms with Gasteiger partial charge in [-0.1, -0.05) is 49.1 Å². The maximum Gasteiger partial charge on any atom is 0.0453 e. The van der Waals surface area contributed by atoms with E-state index in [0.717, 1.165) is 10.9 Å². The zero-order valence-electron chi connectivity index (χ0n) is 12.9. The molecule has 2 rings (SSSR count). The summed E-state index contributed by atoms with van der Waals surface area (Å²) in [5.74, 6) is 0.851. The van der Waals surface area contributed by atoms with Crippen molar-refractivity contribution in [3.05, 3.63) is 34.9 Å². The van der Waals surface area contributed by atoms with Crippen LogP contribution in [0.2, 0.25) is 5.02 Å². The lowest BCUT2D eigenvalue weighted by Crippen LogP contribution is -2.52. The number of hydrogen-bond acceptors (Lipinski definition) is 2. The monoisotopic (exact) mass is 294 g/mol. The molecule has 3 heteroatoms. The van der Waals surface area contributed by atoms with Gasteiger partial charge in [-0.25, -0.2) is 0 Å². The Hall–Kier alpha value is -0.570. The molecule has 2 nitrogen and oxygen atoms in total. The van der Waals surface area contributed by atoms with Crippen LogP contribution in [0.15, 0.2) is 24.3 Å². The summed E-state index contributed by atoms with van der Waals surface area (Å²) in [5.41, 5.74) is 7.34. The average molecular weight is 295 g/mol. The van der Waals surface area contributed by atoms with Gasteiger partial charge in [-0.2, -0.15) is 0 Å². The molecule has 0 saturated heterocycles. The van der Waals surface area contributed by atoms with Crippen LogP contribution in [0.25, 0.3) is 0 Å². The molecule has 20 heavy (non-hydrogen) atoms. The van der Waals surface area contributed by atoms with E-state index in [1.54, 1.807) is 0 Å². The summed E-state index contributed by atoms with van der Waals surface area (Å²) < 4.78 is 0. The summed E-state index contributed by atoms with van der Waals surface area (Å²) in [5, 5.41) is 0.842. The number of hydrogen-bond donors (Lipinski definition) is 1. The SMILES string of the molecule is CC(c1ccccc1Cl)N(C)C(C)(CN)CC1CCC1. The molecule has 1 aliphatic carbocycles.